The van der Waals surface area contributed by atoms with E-state index in [0.29, 0.717) is 16.3 Å². The molecular weight excluding hydrogens is 414 g/mol. The molecule has 0 atom stereocenters. The summed E-state index contributed by atoms with van der Waals surface area (Å²) in [5.41, 5.74) is 3.38. The molecule has 0 fully saturated rings. The second-order valence-corrected chi connectivity index (χ2v) is 8.05. The van der Waals surface area contributed by atoms with Gasteiger partial charge in [0.15, 0.2) is 0 Å². The van der Waals surface area contributed by atoms with Crippen LogP contribution >= 0.6 is 11.6 Å². The van der Waals surface area contributed by atoms with Crippen molar-refractivity contribution in [1.29, 1.82) is 0 Å². The van der Waals surface area contributed by atoms with Gasteiger partial charge in [-0.3, -0.25) is 9.52 Å². The molecule has 0 radical (unpaired) electrons. The summed E-state index contributed by atoms with van der Waals surface area (Å²) < 4.78 is 27.6. The van der Waals surface area contributed by atoms with Crippen molar-refractivity contribution >= 4 is 39.4 Å². The number of sulfonamides is 1. The number of hydrogen-bond acceptors (Lipinski definition) is 5. The molecule has 0 aromatic heterocycles. The Kier molecular flexibility index (Phi) is 6.16. The Labute approximate surface area is 172 Å². The number of hydrogen-bond donors (Lipinski definition) is 3. The maximum absolute atomic E-state index is 12.6. The molecule has 0 spiro atoms. The number of rotatable bonds is 6. The van der Waals surface area contributed by atoms with Crippen LogP contribution in [0.3, 0.4) is 0 Å². The van der Waals surface area contributed by atoms with Crippen LogP contribution in [0.4, 0.5) is 5.69 Å². The fourth-order valence-electron chi connectivity index (χ4n) is 2.37. The van der Waals surface area contributed by atoms with E-state index >= 15 is 0 Å². The van der Waals surface area contributed by atoms with Gasteiger partial charge >= 0.3 is 0 Å². The summed E-state index contributed by atoms with van der Waals surface area (Å²) in [7, 11) is -3.89. The zero-order valence-corrected chi connectivity index (χ0v) is 16.5. The minimum Gasteiger partial charge on any atom is -0.508 e. The molecule has 0 aliphatic heterocycles. The van der Waals surface area contributed by atoms with Crippen molar-refractivity contribution < 1.29 is 18.3 Å². The minimum atomic E-state index is -3.89. The van der Waals surface area contributed by atoms with E-state index in [9.17, 15) is 18.3 Å². The average Bonchev–Trinajstić information content (AvgIpc) is 2.70. The van der Waals surface area contributed by atoms with Gasteiger partial charge in [-0.1, -0.05) is 29.8 Å². The quantitative estimate of drug-likeness (QED) is 0.411. The Morgan fingerprint density at radius 3 is 2.45 bits per heavy atom. The molecule has 0 aliphatic rings. The predicted molar refractivity (Wildman–Crippen MR) is 112 cm³/mol. The van der Waals surface area contributed by atoms with E-state index in [0.717, 1.165) is 0 Å². The highest BCUT2D eigenvalue weighted by Gasteiger charge is 2.16. The molecule has 9 heteroatoms. The lowest BCUT2D eigenvalue weighted by Crippen LogP contribution is -2.19. The van der Waals surface area contributed by atoms with E-state index < -0.39 is 15.9 Å². The summed E-state index contributed by atoms with van der Waals surface area (Å²) in [6, 6.07) is 18.1. The van der Waals surface area contributed by atoms with Crippen molar-refractivity contribution in [2.75, 3.05) is 4.72 Å². The number of nitrogens with one attached hydrogen (secondary N) is 2. The summed E-state index contributed by atoms with van der Waals surface area (Å²) in [5, 5.41) is 13.7. The molecule has 3 aromatic carbocycles. The number of phenols is 1. The van der Waals surface area contributed by atoms with Crippen molar-refractivity contribution in [3.05, 3.63) is 88.9 Å². The molecule has 148 valence electrons. The number of nitrogens with zero attached hydrogens (tertiary/aromatic N) is 1. The minimum absolute atomic E-state index is 0.0722. The van der Waals surface area contributed by atoms with Crippen LogP contribution in [-0.2, 0) is 10.0 Å². The van der Waals surface area contributed by atoms with E-state index in [4.69, 9.17) is 11.6 Å². The molecule has 0 saturated heterocycles. The van der Waals surface area contributed by atoms with Gasteiger partial charge in [0.25, 0.3) is 15.9 Å². The lowest BCUT2D eigenvalue weighted by Gasteiger charge is -2.09. The smallest absolute Gasteiger partial charge is 0.271 e. The molecule has 0 saturated carbocycles. The topological polar surface area (TPSA) is 108 Å². The summed E-state index contributed by atoms with van der Waals surface area (Å²) >= 11 is 5.80. The van der Waals surface area contributed by atoms with E-state index in [1.54, 1.807) is 24.3 Å². The first-order valence-corrected chi connectivity index (χ1v) is 10.2. The third-order valence-electron chi connectivity index (χ3n) is 3.75. The Balaban J connectivity index is 1.72. The molecule has 0 aliphatic carbocycles. The predicted octanol–water partition coefficient (Wildman–Crippen LogP) is 3.61. The second kappa shape index (κ2) is 8.76. The maximum atomic E-state index is 12.6. The van der Waals surface area contributed by atoms with Crippen LogP contribution in [0.1, 0.15) is 15.9 Å². The number of carbonyl (C=O) groups is 1. The van der Waals surface area contributed by atoms with Crippen molar-refractivity contribution in [2.24, 2.45) is 5.10 Å². The van der Waals surface area contributed by atoms with Gasteiger partial charge in [-0.15, -0.1) is 0 Å². The molecule has 7 nitrogen and oxygen atoms in total. The molecule has 0 heterocycles. The number of anilines is 1. The molecule has 0 unspecified atom stereocenters. The molecule has 3 aromatic rings. The Morgan fingerprint density at radius 1 is 1.00 bits per heavy atom. The third kappa shape index (κ3) is 5.56. The molecule has 3 rings (SSSR count). The van der Waals surface area contributed by atoms with Crippen molar-refractivity contribution in [2.45, 2.75) is 4.90 Å². The first-order valence-electron chi connectivity index (χ1n) is 8.34. The van der Waals surface area contributed by atoms with Crippen LogP contribution in [0.2, 0.25) is 5.02 Å². The van der Waals surface area contributed by atoms with Gasteiger partial charge < -0.3 is 5.11 Å². The fourth-order valence-corrected chi connectivity index (χ4v) is 3.60. The number of hydrazone groups is 1. The highest BCUT2D eigenvalue weighted by atomic mass is 35.5. The summed E-state index contributed by atoms with van der Waals surface area (Å²) in [5.74, 6) is -0.503. The Morgan fingerprint density at radius 2 is 1.72 bits per heavy atom. The third-order valence-corrected chi connectivity index (χ3v) is 5.38. The van der Waals surface area contributed by atoms with Gasteiger partial charge in [-0.25, -0.2) is 13.8 Å². The monoisotopic (exact) mass is 429 g/mol. The Hall–Kier alpha value is -3.36. The zero-order valence-electron chi connectivity index (χ0n) is 14.9. The largest absolute Gasteiger partial charge is 0.508 e. The number of halogens is 1. The highest BCUT2D eigenvalue weighted by Crippen LogP contribution is 2.19. The van der Waals surface area contributed by atoms with Crippen LogP contribution in [0.15, 0.2) is 82.8 Å². The van der Waals surface area contributed by atoms with Crippen LogP contribution in [0.5, 0.6) is 5.75 Å². The van der Waals surface area contributed by atoms with Gasteiger partial charge in [0.2, 0.25) is 0 Å². The van der Waals surface area contributed by atoms with E-state index in [-0.39, 0.29) is 16.2 Å². The first kappa shape index (κ1) is 20.4. The van der Waals surface area contributed by atoms with Gasteiger partial charge in [0, 0.05) is 16.3 Å². The molecule has 29 heavy (non-hydrogen) atoms. The molecule has 1 amide bonds. The number of amides is 1. The molecule has 0 bridgehead atoms. The van der Waals surface area contributed by atoms with E-state index in [1.807, 2.05) is 0 Å². The van der Waals surface area contributed by atoms with Crippen molar-refractivity contribution in [3.8, 4) is 5.75 Å². The van der Waals surface area contributed by atoms with Crippen LogP contribution < -0.4 is 10.1 Å². The van der Waals surface area contributed by atoms with Crippen molar-refractivity contribution in [1.82, 2.24) is 5.43 Å². The van der Waals surface area contributed by atoms with Gasteiger partial charge in [-0.05, 0) is 60.2 Å². The lowest BCUT2D eigenvalue weighted by atomic mass is 10.2. The normalized spacial score (nSPS) is 11.3. The second-order valence-electron chi connectivity index (χ2n) is 5.93. The fraction of sp³-hybridized carbons (Fsp3) is 0. The van der Waals surface area contributed by atoms with Crippen molar-refractivity contribution in [3.63, 3.8) is 0 Å². The van der Waals surface area contributed by atoms with Gasteiger partial charge in [0.05, 0.1) is 11.1 Å². The number of carbonyl (C=O) groups excluding carboxylic acids is 1. The summed E-state index contributed by atoms with van der Waals surface area (Å²) in [4.78, 5) is 12.2. The maximum Gasteiger partial charge on any atom is 0.271 e. The Bertz CT molecular complexity index is 1160. The number of aromatic hydroxyl groups is 1. The highest BCUT2D eigenvalue weighted by molar-refractivity contribution is 7.92. The number of benzene rings is 3. The lowest BCUT2D eigenvalue weighted by molar-refractivity contribution is 0.0955. The van der Waals surface area contributed by atoms with Crippen LogP contribution in [0, 0.1) is 0 Å². The summed E-state index contributed by atoms with van der Waals surface area (Å²) in [6.45, 7) is 0. The molecular formula is C20H16ClN3O4S. The van der Waals surface area contributed by atoms with E-state index in [2.05, 4.69) is 15.2 Å². The van der Waals surface area contributed by atoms with Gasteiger partial charge in [-0.2, -0.15) is 5.10 Å². The zero-order chi connectivity index (χ0) is 20.9. The average molecular weight is 430 g/mol. The van der Waals surface area contributed by atoms with E-state index in [1.165, 1.54) is 54.7 Å². The van der Waals surface area contributed by atoms with Crippen LogP contribution in [-0.4, -0.2) is 25.6 Å². The van der Waals surface area contributed by atoms with Crippen LogP contribution in [0.25, 0.3) is 0 Å². The first-order chi connectivity index (χ1) is 13.8. The standard InChI is InChI=1S/C20H16ClN3O4S/c21-16-7-9-17(10-8-16)24-29(27,28)19-6-2-4-15(12-19)20(26)23-22-13-14-3-1-5-18(25)11-14/h1-13,24-25H,(H,23,26). The number of phenolic OH excluding ortho intramolecular Hbond substituents is 1. The SMILES string of the molecule is O=C(NN=Cc1cccc(O)c1)c1cccc(S(=O)(=O)Nc2ccc(Cl)cc2)c1. The summed E-state index contributed by atoms with van der Waals surface area (Å²) in [6.07, 6.45) is 1.36. The van der Waals surface area contributed by atoms with Gasteiger partial charge in [0.1, 0.15) is 5.75 Å². The molecule has 3 N–H and O–H groups in total.